The summed E-state index contributed by atoms with van der Waals surface area (Å²) in [6, 6.07) is 13.4. The van der Waals surface area contributed by atoms with E-state index in [1.807, 2.05) is 39.0 Å². The number of aromatic nitrogens is 3. The van der Waals surface area contributed by atoms with Crippen LogP contribution in [0.15, 0.2) is 72.0 Å². The highest BCUT2D eigenvalue weighted by Gasteiger charge is 2.33. The molecule has 45 heavy (non-hydrogen) atoms. The van der Waals surface area contributed by atoms with Crippen LogP contribution in [0.1, 0.15) is 42.9 Å². The minimum Gasteiger partial charge on any atom is -0.406 e. The number of carbonyl (C=O) groups excluding carboxylic acids is 2. The Hall–Kier alpha value is -4.79. The Balaban J connectivity index is 1.36. The molecule has 15 heteroatoms. The molecule has 2 heterocycles. The molecule has 1 aliphatic heterocycles. The summed E-state index contributed by atoms with van der Waals surface area (Å²) in [5.41, 5.74) is 2.27. The van der Waals surface area contributed by atoms with E-state index in [0.717, 1.165) is 41.1 Å². The summed E-state index contributed by atoms with van der Waals surface area (Å²) in [4.78, 5) is 35.3. The van der Waals surface area contributed by atoms with Crippen molar-refractivity contribution in [2.24, 2.45) is 4.99 Å². The third-order valence-electron chi connectivity index (χ3n) is 6.62. The summed E-state index contributed by atoms with van der Waals surface area (Å²) in [6.45, 7) is 5.85. The van der Waals surface area contributed by atoms with E-state index in [2.05, 4.69) is 25.1 Å². The number of thioether (sulfide) groups is 1. The number of aliphatic imine (C=N–C) groups is 1. The molecule has 234 valence electrons. The average molecular weight is 645 g/mol. The summed E-state index contributed by atoms with van der Waals surface area (Å²) < 4.78 is 70.6. The first-order chi connectivity index (χ1) is 21.3. The second-order valence-electron chi connectivity index (χ2n) is 10.2. The number of rotatable bonds is 7. The number of anilines is 2. The van der Waals surface area contributed by atoms with E-state index in [0.29, 0.717) is 11.4 Å². The van der Waals surface area contributed by atoms with Gasteiger partial charge in [0.1, 0.15) is 12.1 Å². The van der Waals surface area contributed by atoms with E-state index in [1.165, 1.54) is 40.2 Å². The van der Waals surface area contributed by atoms with E-state index in [1.54, 1.807) is 0 Å². The fourth-order valence-corrected chi connectivity index (χ4v) is 5.42. The van der Waals surface area contributed by atoms with Gasteiger partial charge in [0.2, 0.25) is 5.91 Å². The highest BCUT2D eigenvalue weighted by Crippen LogP contribution is 2.35. The van der Waals surface area contributed by atoms with Crippen LogP contribution in [0.5, 0.6) is 5.75 Å². The fourth-order valence-electron chi connectivity index (χ4n) is 4.56. The molecule has 5 rings (SSSR count). The second kappa shape index (κ2) is 12.7. The standard InChI is InChI=1S/C30H25F5N6O3S/c1-16(2)21-10-4-17(3)12-24(21)41-25(42)14-45-29(41)38-28(43)37-23-11-5-18(13-22(23)26(31)32)27-36-15-40(39-27)19-6-8-20(9-7-19)44-30(33,34)35/h4-13,15-16,26H,14H2,1-3H3,(H,37,43). The minimum absolute atomic E-state index is 0.0567. The van der Waals surface area contributed by atoms with E-state index < -0.39 is 30.1 Å². The van der Waals surface area contributed by atoms with Crippen LogP contribution < -0.4 is 15.0 Å². The van der Waals surface area contributed by atoms with Gasteiger partial charge in [0.25, 0.3) is 6.43 Å². The lowest BCUT2D eigenvalue weighted by atomic mass is 9.99. The Morgan fingerprint density at radius 3 is 2.44 bits per heavy atom. The van der Waals surface area contributed by atoms with Crippen LogP contribution in [0.3, 0.4) is 0 Å². The zero-order valence-electron chi connectivity index (χ0n) is 24.0. The fraction of sp³-hybridized carbons (Fsp3) is 0.233. The summed E-state index contributed by atoms with van der Waals surface area (Å²) in [7, 11) is 0. The maximum Gasteiger partial charge on any atom is 0.573 e. The van der Waals surface area contributed by atoms with Crippen molar-refractivity contribution in [2.45, 2.75) is 39.5 Å². The molecular weight excluding hydrogens is 619 g/mol. The second-order valence-corrected chi connectivity index (χ2v) is 11.2. The highest BCUT2D eigenvalue weighted by molar-refractivity contribution is 8.15. The topological polar surface area (TPSA) is 102 Å². The van der Waals surface area contributed by atoms with Crippen LogP contribution in [-0.2, 0) is 4.79 Å². The molecule has 0 spiro atoms. The van der Waals surface area contributed by atoms with Gasteiger partial charge in [0.05, 0.1) is 22.8 Å². The zero-order chi connectivity index (χ0) is 32.5. The van der Waals surface area contributed by atoms with Gasteiger partial charge in [-0.2, -0.15) is 4.99 Å². The van der Waals surface area contributed by atoms with Crippen molar-refractivity contribution in [1.82, 2.24) is 14.8 Å². The van der Waals surface area contributed by atoms with Gasteiger partial charge in [-0.25, -0.2) is 23.2 Å². The molecule has 0 unspecified atom stereocenters. The number of alkyl halides is 5. The van der Waals surface area contributed by atoms with Crippen molar-refractivity contribution in [3.63, 3.8) is 0 Å². The molecule has 3 amide bonds. The number of hydrogen-bond acceptors (Lipinski definition) is 6. The zero-order valence-corrected chi connectivity index (χ0v) is 24.8. The Kier molecular flexibility index (Phi) is 8.91. The Bertz CT molecular complexity index is 1770. The molecule has 0 saturated carbocycles. The van der Waals surface area contributed by atoms with Crippen LogP contribution >= 0.6 is 11.8 Å². The molecule has 0 bridgehead atoms. The molecule has 1 aliphatic rings. The lowest BCUT2D eigenvalue weighted by Gasteiger charge is -2.22. The van der Waals surface area contributed by atoms with Crippen molar-refractivity contribution in [3.8, 4) is 22.8 Å². The number of nitrogens with zero attached hydrogens (tertiary/aromatic N) is 5. The molecule has 1 fully saturated rings. The third-order valence-corrected chi connectivity index (χ3v) is 7.55. The first kappa shape index (κ1) is 31.6. The molecule has 0 radical (unpaired) electrons. The molecule has 1 aromatic heterocycles. The van der Waals surface area contributed by atoms with Crippen LogP contribution in [-0.4, -0.2) is 44.0 Å². The maximum atomic E-state index is 14.1. The monoisotopic (exact) mass is 644 g/mol. The lowest BCUT2D eigenvalue weighted by Crippen LogP contribution is -2.31. The van der Waals surface area contributed by atoms with Crippen molar-refractivity contribution >= 4 is 40.2 Å². The number of carbonyl (C=O) groups is 2. The number of amides is 3. The number of urea groups is 1. The Labute approximate surface area is 258 Å². The third kappa shape index (κ3) is 7.30. The van der Waals surface area contributed by atoms with Gasteiger partial charge in [-0.15, -0.1) is 18.3 Å². The van der Waals surface area contributed by atoms with E-state index in [-0.39, 0.29) is 39.8 Å². The number of aryl methyl sites for hydroxylation is 1. The van der Waals surface area contributed by atoms with Gasteiger partial charge in [-0.3, -0.25) is 9.69 Å². The average Bonchev–Trinajstić information content (AvgIpc) is 3.59. The van der Waals surface area contributed by atoms with Crippen molar-refractivity contribution in [1.29, 1.82) is 0 Å². The Morgan fingerprint density at radius 1 is 1.04 bits per heavy atom. The van der Waals surface area contributed by atoms with E-state index in [4.69, 9.17) is 0 Å². The van der Waals surface area contributed by atoms with E-state index in [9.17, 15) is 31.5 Å². The first-order valence-corrected chi connectivity index (χ1v) is 14.4. The molecule has 1 N–H and O–H groups in total. The molecule has 1 saturated heterocycles. The molecule has 0 atom stereocenters. The number of halogens is 5. The molecule has 4 aromatic rings. The van der Waals surface area contributed by atoms with Crippen LogP contribution in [0.25, 0.3) is 17.1 Å². The van der Waals surface area contributed by atoms with Crippen molar-refractivity contribution < 1.29 is 36.3 Å². The van der Waals surface area contributed by atoms with Gasteiger partial charge in [0, 0.05) is 11.1 Å². The Morgan fingerprint density at radius 2 is 1.78 bits per heavy atom. The van der Waals surface area contributed by atoms with Gasteiger partial charge in [-0.1, -0.05) is 37.7 Å². The predicted molar refractivity (Wildman–Crippen MR) is 160 cm³/mol. The minimum atomic E-state index is -4.84. The molecular formula is C30H25F5N6O3S. The predicted octanol–water partition coefficient (Wildman–Crippen LogP) is 7.87. The maximum absolute atomic E-state index is 14.1. The quantitative estimate of drug-likeness (QED) is 0.206. The van der Waals surface area contributed by atoms with Crippen molar-refractivity contribution in [3.05, 3.63) is 83.7 Å². The van der Waals surface area contributed by atoms with Gasteiger partial charge < -0.3 is 10.1 Å². The number of hydrogen-bond donors (Lipinski definition) is 1. The van der Waals surface area contributed by atoms with Crippen molar-refractivity contribution in [2.75, 3.05) is 16.0 Å². The van der Waals surface area contributed by atoms with E-state index >= 15 is 0 Å². The number of ether oxygens (including phenoxy) is 1. The largest absolute Gasteiger partial charge is 0.573 e. The normalized spacial score (nSPS) is 14.6. The molecule has 9 nitrogen and oxygen atoms in total. The van der Waals surface area contributed by atoms with Crippen LogP contribution in [0.2, 0.25) is 0 Å². The smallest absolute Gasteiger partial charge is 0.406 e. The number of benzene rings is 3. The van der Waals surface area contributed by atoms with Gasteiger partial charge in [0.15, 0.2) is 11.0 Å². The summed E-state index contributed by atoms with van der Waals surface area (Å²) in [5.74, 6) is -0.465. The summed E-state index contributed by atoms with van der Waals surface area (Å²) in [6.07, 6.45) is -6.55. The summed E-state index contributed by atoms with van der Waals surface area (Å²) in [5, 5.41) is 6.75. The van der Waals surface area contributed by atoms with Crippen LogP contribution in [0.4, 0.5) is 38.1 Å². The molecule has 3 aromatic carbocycles. The SMILES string of the molecule is Cc1ccc(C(C)C)c(N2C(=O)CSC2=NC(=O)Nc2ccc(-c3ncn(-c4ccc(OC(F)(F)F)cc4)n3)cc2C(F)F)c1. The lowest BCUT2D eigenvalue weighted by molar-refractivity contribution is -0.274. The van der Waals surface area contributed by atoms with Gasteiger partial charge in [-0.05, 0) is 72.5 Å². The van der Waals surface area contributed by atoms with Gasteiger partial charge >= 0.3 is 12.4 Å². The highest BCUT2D eigenvalue weighted by atomic mass is 32.2. The number of amidine groups is 1. The summed E-state index contributed by atoms with van der Waals surface area (Å²) >= 11 is 1.07. The first-order valence-electron chi connectivity index (χ1n) is 13.5. The molecule has 0 aliphatic carbocycles. The number of nitrogens with one attached hydrogen (secondary N) is 1. The van der Waals surface area contributed by atoms with Crippen LogP contribution in [0, 0.1) is 6.92 Å².